The average Bonchev–Trinajstić information content (AvgIpc) is 2.82. The van der Waals surface area contributed by atoms with Gasteiger partial charge in [0.2, 0.25) is 0 Å². The van der Waals surface area contributed by atoms with Crippen molar-refractivity contribution >= 4 is 56.8 Å². The number of rotatable bonds is 6. The van der Waals surface area contributed by atoms with Crippen LogP contribution in [0.2, 0.25) is 0 Å². The number of hydrogen-bond donors (Lipinski definition) is 1. The molecule has 1 saturated heterocycles. The molecule has 2 amide bonds. The van der Waals surface area contributed by atoms with E-state index in [-0.39, 0.29) is 10.7 Å². The number of anilines is 1. The van der Waals surface area contributed by atoms with Crippen LogP contribution in [0.15, 0.2) is 82.8 Å². The highest BCUT2D eigenvalue weighted by atomic mass is 79.9. The minimum absolute atomic E-state index is 0.0158. The fourth-order valence-electron chi connectivity index (χ4n) is 3.28. The largest absolute Gasteiger partial charge is 0.497 e. The van der Waals surface area contributed by atoms with Crippen LogP contribution in [0.3, 0.4) is 0 Å². The molecule has 3 aromatic carbocycles. The van der Waals surface area contributed by atoms with Crippen molar-refractivity contribution in [2.24, 2.45) is 0 Å². The van der Waals surface area contributed by atoms with Gasteiger partial charge in [-0.05, 0) is 66.3 Å². The van der Waals surface area contributed by atoms with E-state index in [0.717, 1.165) is 10.0 Å². The molecular weight excluding hydrogens is 504 g/mol. The number of ether oxygens (including phenoxy) is 2. The first kappa shape index (κ1) is 22.7. The van der Waals surface area contributed by atoms with E-state index in [4.69, 9.17) is 21.7 Å². The second-order valence-corrected chi connectivity index (χ2v) is 8.41. The van der Waals surface area contributed by atoms with E-state index in [1.54, 1.807) is 43.5 Å². The standard InChI is InChI=1S/C25H19BrN2O4S/c1-31-20-10-8-19(9-11-20)28-24(30)21(23(29)27-25(28)33)14-17-13-18(26)7-12-22(17)32-15-16-5-3-2-4-6-16/h2-14H,15H2,1H3,(H,27,29,33)/b21-14-. The molecule has 1 N–H and O–H groups in total. The first-order valence-electron chi connectivity index (χ1n) is 9.98. The molecule has 166 valence electrons. The maximum absolute atomic E-state index is 13.3. The van der Waals surface area contributed by atoms with Gasteiger partial charge in [-0.2, -0.15) is 0 Å². The Morgan fingerprint density at radius 2 is 1.76 bits per heavy atom. The van der Waals surface area contributed by atoms with E-state index in [9.17, 15) is 9.59 Å². The zero-order valence-corrected chi connectivity index (χ0v) is 20.0. The van der Waals surface area contributed by atoms with Crippen molar-refractivity contribution in [3.8, 4) is 11.5 Å². The van der Waals surface area contributed by atoms with Crippen molar-refractivity contribution in [2.45, 2.75) is 6.61 Å². The van der Waals surface area contributed by atoms with Gasteiger partial charge < -0.3 is 9.47 Å². The molecule has 0 atom stereocenters. The molecule has 33 heavy (non-hydrogen) atoms. The van der Waals surface area contributed by atoms with Crippen LogP contribution in [0.25, 0.3) is 6.08 Å². The van der Waals surface area contributed by atoms with Crippen molar-refractivity contribution in [1.82, 2.24) is 5.32 Å². The zero-order valence-electron chi connectivity index (χ0n) is 17.6. The minimum Gasteiger partial charge on any atom is -0.497 e. The number of nitrogens with one attached hydrogen (secondary N) is 1. The Kier molecular flexibility index (Phi) is 6.86. The number of thiocarbonyl (C=S) groups is 1. The van der Waals surface area contributed by atoms with Gasteiger partial charge in [-0.15, -0.1) is 0 Å². The van der Waals surface area contributed by atoms with Crippen molar-refractivity contribution < 1.29 is 19.1 Å². The monoisotopic (exact) mass is 522 g/mol. The number of methoxy groups -OCH3 is 1. The van der Waals surface area contributed by atoms with Crippen LogP contribution in [0.1, 0.15) is 11.1 Å². The smallest absolute Gasteiger partial charge is 0.270 e. The summed E-state index contributed by atoms with van der Waals surface area (Å²) in [5.41, 5.74) is 2.05. The third-order valence-electron chi connectivity index (χ3n) is 4.94. The van der Waals surface area contributed by atoms with E-state index >= 15 is 0 Å². The molecule has 0 aromatic heterocycles. The number of carbonyl (C=O) groups excluding carboxylic acids is 2. The van der Waals surface area contributed by atoms with E-state index in [2.05, 4.69) is 21.2 Å². The minimum atomic E-state index is -0.566. The molecule has 4 rings (SSSR count). The highest BCUT2D eigenvalue weighted by molar-refractivity contribution is 9.10. The Balaban J connectivity index is 1.66. The quantitative estimate of drug-likeness (QED) is 0.284. The molecule has 3 aromatic rings. The van der Waals surface area contributed by atoms with E-state index in [1.165, 1.54) is 11.0 Å². The van der Waals surface area contributed by atoms with E-state index in [1.807, 2.05) is 36.4 Å². The van der Waals surface area contributed by atoms with Gasteiger partial charge in [0, 0.05) is 10.0 Å². The van der Waals surface area contributed by atoms with Crippen LogP contribution in [0, 0.1) is 0 Å². The Hall–Kier alpha value is -3.49. The molecule has 0 bridgehead atoms. The molecule has 6 nitrogen and oxygen atoms in total. The maximum atomic E-state index is 13.3. The fourth-order valence-corrected chi connectivity index (χ4v) is 3.94. The molecule has 8 heteroatoms. The van der Waals surface area contributed by atoms with Crippen molar-refractivity contribution in [1.29, 1.82) is 0 Å². The lowest BCUT2D eigenvalue weighted by Crippen LogP contribution is -2.54. The summed E-state index contributed by atoms with van der Waals surface area (Å²) in [4.78, 5) is 27.3. The Bertz CT molecular complexity index is 1240. The van der Waals surface area contributed by atoms with Gasteiger partial charge in [0.15, 0.2) is 5.11 Å². The van der Waals surface area contributed by atoms with Gasteiger partial charge in [-0.3, -0.25) is 19.8 Å². The summed E-state index contributed by atoms with van der Waals surface area (Å²) in [6.07, 6.45) is 1.51. The van der Waals surface area contributed by atoms with Crippen LogP contribution in [-0.4, -0.2) is 24.0 Å². The van der Waals surface area contributed by atoms with Crippen molar-refractivity contribution in [3.63, 3.8) is 0 Å². The SMILES string of the molecule is COc1ccc(N2C(=O)/C(=C\c3cc(Br)ccc3OCc3ccccc3)C(=O)NC2=S)cc1. The molecule has 1 aliphatic heterocycles. The topological polar surface area (TPSA) is 67.9 Å². The first-order valence-corrected chi connectivity index (χ1v) is 11.2. The number of carbonyl (C=O) groups is 2. The molecule has 1 aliphatic rings. The third kappa shape index (κ3) is 5.13. The van der Waals surface area contributed by atoms with E-state index < -0.39 is 11.8 Å². The number of hydrogen-bond acceptors (Lipinski definition) is 5. The van der Waals surface area contributed by atoms with Gasteiger partial charge in [0.25, 0.3) is 11.8 Å². The molecule has 0 aliphatic carbocycles. The second-order valence-electron chi connectivity index (χ2n) is 7.11. The van der Waals surface area contributed by atoms with Gasteiger partial charge in [0.1, 0.15) is 23.7 Å². The highest BCUT2D eigenvalue weighted by Crippen LogP contribution is 2.29. The molecule has 0 unspecified atom stereocenters. The molecule has 1 fully saturated rings. The summed E-state index contributed by atoms with van der Waals surface area (Å²) >= 11 is 8.71. The predicted molar refractivity (Wildman–Crippen MR) is 134 cm³/mol. The van der Waals surface area contributed by atoms with Crippen molar-refractivity contribution in [3.05, 3.63) is 94.0 Å². The number of benzene rings is 3. The molecule has 0 saturated carbocycles. The second kappa shape index (κ2) is 9.97. The van der Waals surface area contributed by atoms with Crippen LogP contribution in [-0.2, 0) is 16.2 Å². The summed E-state index contributed by atoms with van der Waals surface area (Å²) in [6, 6.07) is 22.0. The predicted octanol–water partition coefficient (Wildman–Crippen LogP) is 4.87. The summed E-state index contributed by atoms with van der Waals surface area (Å²) in [7, 11) is 1.56. The summed E-state index contributed by atoms with van der Waals surface area (Å²) in [5, 5.41) is 2.61. The molecular formula is C25H19BrN2O4S. The van der Waals surface area contributed by atoms with Gasteiger partial charge in [-0.25, -0.2) is 0 Å². The first-order chi connectivity index (χ1) is 16.0. The van der Waals surface area contributed by atoms with Gasteiger partial charge in [-0.1, -0.05) is 46.3 Å². The maximum Gasteiger partial charge on any atom is 0.270 e. The summed E-state index contributed by atoms with van der Waals surface area (Å²) < 4.78 is 11.9. The van der Waals surface area contributed by atoms with Gasteiger partial charge in [0.05, 0.1) is 12.8 Å². The van der Waals surface area contributed by atoms with Crippen molar-refractivity contribution in [2.75, 3.05) is 12.0 Å². The lowest BCUT2D eigenvalue weighted by molar-refractivity contribution is -0.122. The summed E-state index contributed by atoms with van der Waals surface area (Å²) in [6.45, 7) is 0.348. The van der Waals surface area contributed by atoms with Gasteiger partial charge >= 0.3 is 0 Å². The average molecular weight is 523 g/mol. The number of halogens is 1. The fraction of sp³-hybridized carbons (Fsp3) is 0.0800. The van der Waals surface area contributed by atoms with E-state index in [0.29, 0.717) is 29.4 Å². The molecule has 0 radical (unpaired) electrons. The zero-order chi connectivity index (χ0) is 23.4. The number of nitrogens with zero attached hydrogens (tertiary/aromatic N) is 1. The Morgan fingerprint density at radius 1 is 1.03 bits per heavy atom. The summed E-state index contributed by atoms with van der Waals surface area (Å²) in [5.74, 6) is 0.0919. The normalized spacial score (nSPS) is 14.9. The van der Waals surface area contributed by atoms with Crippen LogP contribution in [0.4, 0.5) is 5.69 Å². The lowest BCUT2D eigenvalue weighted by Gasteiger charge is -2.29. The Morgan fingerprint density at radius 3 is 2.45 bits per heavy atom. The Labute approximate surface area is 204 Å². The van der Waals surface area contributed by atoms with Crippen LogP contribution in [0.5, 0.6) is 11.5 Å². The molecule has 0 spiro atoms. The molecule has 1 heterocycles. The third-order valence-corrected chi connectivity index (χ3v) is 5.72. The van der Waals surface area contributed by atoms with Crippen LogP contribution >= 0.6 is 28.1 Å². The van der Waals surface area contributed by atoms with Crippen LogP contribution < -0.4 is 19.7 Å². The lowest BCUT2D eigenvalue weighted by atomic mass is 10.1. The highest BCUT2D eigenvalue weighted by Gasteiger charge is 2.34. The number of amides is 2.